The second kappa shape index (κ2) is 6.99. The van der Waals surface area contributed by atoms with Crippen LogP contribution in [0.2, 0.25) is 0 Å². The lowest BCUT2D eigenvalue weighted by Crippen LogP contribution is -2.01. The number of aldehydes is 1. The van der Waals surface area contributed by atoms with Gasteiger partial charge in [-0.1, -0.05) is 72.8 Å². The molecule has 0 atom stereocenters. The van der Waals surface area contributed by atoms with Gasteiger partial charge in [0, 0.05) is 16.7 Å². The summed E-state index contributed by atoms with van der Waals surface area (Å²) in [7, 11) is 0. The average molecular weight is 400 g/mol. The van der Waals surface area contributed by atoms with Crippen LogP contribution in [0.15, 0.2) is 72.8 Å². The normalized spacial score (nSPS) is 11.8. The van der Waals surface area contributed by atoms with Gasteiger partial charge >= 0.3 is 0 Å². The lowest BCUT2D eigenvalue weighted by Gasteiger charge is -2.14. The number of carbonyl (C=O) groups excluding carboxylic acids is 1. The molecule has 4 aromatic carbocycles. The molecule has 1 aliphatic carbocycles. The number of halogens is 3. The molecule has 0 saturated carbocycles. The Morgan fingerprint density at radius 1 is 0.633 bits per heavy atom. The molecule has 4 heteroatoms. The van der Waals surface area contributed by atoms with E-state index in [0.29, 0.717) is 28.7 Å². The van der Waals surface area contributed by atoms with E-state index in [1.807, 2.05) is 24.3 Å². The summed E-state index contributed by atoms with van der Waals surface area (Å²) in [5, 5.41) is 0. The summed E-state index contributed by atoms with van der Waals surface area (Å²) in [6.45, 7) is 0. The smallest absolute Gasteiger partial charge is 0.195 e. The van der Waals surface area contributed by atoms with Crippen molar-refractivity contribution in [2.24, 2.45) is 0 Å². The third-order valence-corrected chi connectivity index (χ3v) is 5.65. The molecule has 0 unspecified atom stereocenters. The summed E-state index contributed by atoms with van der Waals surface area (Å²) in [4.78, 5) is 11.3. The molecule has 0 fully saturated rings. The van der Waals surface area contributed by atoms with Crippen molar-refractivity contribution in [2.75, 3.05) is 0 Å². The minimum atomic E-state index is -1.46. The predicted molar refractivity (Wildman–Crippen MR) is 111 cm³/mol. The summed E-state index contributed by atoms with van der Waals surface area (Å²) < 4.78 is 44.0. The highest BCUT2D eigenvalue weighted by molar-refractivity contribution is 5.89. The lowest BCUT2D eigenvalue weighted by atomic mass is 9.92. The maximum Gasteiger partial charge on any atom is 0.195 e. The SMILES string of the molecule is O=Cc1ccccc1-c1ccc(-c2c(F)c(F)c(F)c3c2Cc2ccccc2-3)cc1. The zero-order valence-electron chi connectivity index (χ0n) is 15.8. The van der Waals surface area contributed by atoms with Crippen LogP contribution in [0.1, 0.15) is 21.5 Å². The third kappa shape index (κ3) is 2.68. The van der Waals surface area contributed by atoms with Gasteiger partial charge < -0.3 is 0 Å². The van der Waals surface area contributed by atoms with E-state index in [9.17, 15) is 18.0 Å². The molecular weight excluding hydrogens is 385 g/mol. The Bertz CT molecular complexity index is 1310. The van der Waals surface area contributed by atoms with Crippen molar-refractivity contribution >= 4 is 6.29 Å². The molecule has 0 spiro atoms. The second-order valence-corrected chi connectivity index (χ2v) is 7.29. The monoisotopic (exact) mass is 400 g/mol. The molecule has 0 radical (unpaired) electrons. The fraction of sp³-hybridized carbons (Fsp3) is 0.0385. The first-order valence-electron chi connectivity index (χ1n) is 9.52. The molecule has 4 aromatic rings. The average Bonchev–Trinajstić information content (AvgIpc) is 3.17. The Hall–Kier alpha value is -3.66. The van der Waals surface area contributed by atoms with Gasteiger partial charge in [-0.2, -0.15) is 0 Å². The number of hydrogen-bond acceptors (Lipinski definition) is 1. The zero-order chi connectivity index (χ0) is 20.8. The standard InChI is InChI=1S/C26H15F3O/c27-24-22(16-11-9-15(10-12-16)19-7-3-2-6-18(19)14-30)21-13-17-5-1-4-8-20(17)23(21)25(28)26(24)29/h1-12,14H,13H2. The van der Waals surface area contributed by atoms with E-state index in [1.165, 1.54) is 0 Å². The summed E-state index contributed by atoms with van der Waals surface area (Å²) >= 11 is 0. The van der Waals surface area contributed by atoms with E-state index in [2.05, 4.69) is 0 Å². The highest BCUT2D eigenvalue weighted by Crippen LogP contribution is 2.45. The van der Waals surface area contributed by atoms with Crippen LogP contribution in [0.3, 0.4) is 0 Å². The Balaban J connectivity index is 1.67. The maximum absolute atomic E-state index is 14.9. The van der Waals surface area contributed by atoms with E-state index in [4.69, 9.17) is 0 Å². The second-order valence-electron chi connectivity index (χ2n) is 7.29. The first-order valence-corrected chi connectivity index (χ1v) is 9.52. The van der Waals surface area contributed by atoms with Gasteiger partial charge in [0.05, 0.1) is 0 Å². The Kier molecular flexibility index (Phi) is 4.28. The Morgan fingerprint density at radius 2 is 1.23 bits per heavy atom. The van der Waals surface area contributed by atoms with Crippen LogP contribution in [0.25, 0.3) is 33.4 Å². The summed E-state index contributed by atoms with van der Waals surface area (Å²) in [5.41, 5.74) is 4.64. The highest BCUT2D eigenvalue weighted by atomic mass is 19.2. The third-order valence-electron chi connectivity index (χ3n) is 5.65. The number of rotatable bonds is 3. The molecule has 0 aliphatic heterocycles. The lowest BCUT2D eigenvalue weighted by molar-refractivity contribution is 0.112. The molecule has 0 heterocycles. The van der Waals surface area contributed by atoms with Gasteiger partial charge in [0.1, 0.15) is 0 Å². The fourth-order valence-corrected chi connectivity index (χ4v) is 4.25. The molecule has 0 saturated heterocycles. The van der Waals surface area contributed by atoms with Crippen molar-refractivity contribution in [3.05, 3.63) is 107 Å². The minimum absolute atomic E-state index is 0.0790. The molecule has 30 heavy (non-hydrogen) atoms. The fourth-order valence-electron chi connectivity index (χ4n) is 4.25. The van der Waals surface area contributed by atoms with E-state index >= 15 is 0 Å². The predicted octanol–water partition coefficient (Wildman–Crippen LogP) is 6.82. The first kappa shape index (κ1) is 18.4. The van der Waals surface area contributed by atoms with Crippen molar-refractivity contribution in [3.8, 4) is 33.4 Å². The quantitative estimate of drug-likeness (QED) is 0.240. The molecule has 1 nitrogen and oxygen atoms in total. The molecule has 0 bridgehead atoms. The van der Waals surface area contributed by atoms with Crippen LogP contribution in [-0.4, -0.2) is 6.29 Å². The zero-order valence-corrected chi connectivity index (χ0v) is 15.8. The van der Waals surface area contributed by atoms with Crippen LogP contribution in [0, 0.1) is 17.5 Å². The molecular formula is C26H15F3O. The van der Waals surface area contributed by atoms with Crippen molar-refractivity contribution in [3.63, 3.8) is 0 Å². The molecule has 0 aromatic heterocycles. The summed E-state index contributed by atoms with van der Waals surface area (Å²) in [6.07, 6.45) is 1.12. The molecule has 1 aliphatic rings. The van der Waals surface area contributed by atoms with E-state index < -0.39 is 17.5 Å². The van der Waals surface area contributed by atoms with Gasteiger partial charge in [0.15, 0.2) is 23.7 Å². The van der Waals surface area contributed by atoms with Crippen LogP contribution >= 0.6 is 0 Å². The summed E-state index contributed by atoms with van der Waals surface area (Å²) in [6, 6.07) is 21.2. The summed E-state index contributed by atoms with van der Waals surface area (Å²) in [5.74, 6) is -3.79. The maximum atomic E-state index is 14.9. The largest absolute Gasteiger partial charge is 0.298 e. The van der Waals surface area contributed by atoms with Crippen molar-refractivity contribution < 1.29 is 18.0 Å². The van der Waals surface area contributed by atoms with Crippen LogP contribution in [-0.2, 0) is 6.42 Å². The van der Waals surface area contributed by atoms with E-state index in [1.54, 1.807) is 48.5 Å². The van der Waals surface area contributed by atoms with E-state index in [-0.39, 0.29) is 11.1 Å². The van der Waals surface area contributed by atoms with E-state index in [0.717, 1.165) is 23.0 Å². The Morgan fingerprint density at radius 3 is 1.97 bits per heavy atom. The highest BCUT2D eigenvalue weighted by Gasteiger charge is 2.31. The van der Waals surface area contributed by atoms with Gasteiger partial charge in [-0.05, 0) is 39.8 Å². The van der Waals surface area contributed by atoms with Crippen LogP contribution in [0.4, 0.5) is 13.2 Å². The number of benzene rings is 4. The van der Waals surface area contributed by atoms with Gasteiger partial charge in [0.2, 0.25) is 0 Å². The van der Waals surface area contributed by atoms with Gasteiger partial charge in [0.25, 0.3) is 0 Å². The van der Waals surface area contributed by atoms with Gasteiger partial charge in [-0.15, -0.1) is 0 Å². The minimum Gasteiger partial charge on any atom is -0.298 e. The number of carbonyl (C=O) groups is 1. The topological polar surface area (TPSA) is 17.1 Å². The number of hydrogen-bond donors (Lipinski definition) is 0. The van der Waals surface area contributed by atoms with Crippen molar-refractivity contribution in [1.82, 2.24) is 0 Å². The van der Waals surface area contributed by atoms with Crippen LogP contribution < -0.4 is 0 Å². The Labute approximate surface area is 171 Å². The first-order chi connectivity index (χ1) is 14.6. The van der Waals surface area contributed by atoms with Crippen molar-refractivity contribution in [2.45, 2.75) is 6.42 Å². The molecule has 0 N–H and O–H groups in total. The molecule has 5 rings (SSSR count). The van der Waals surface area contributed by atoms with Crippen molar-refractivity contribution in [1.29, 1.82) is 0 Å². The van der Waals surface area contributed by atoms with Crippen LogP contribution in [0.5, 0.6) is 0 Å². The van der Waals surface area contributed by atoms with Gasteiger partial charge in [-0.3, -0.25) is 4.79 Å². The molecule has 146 valence electrons. The number of fused-ring (bicyclic) bond motifs is 3. The molecule has 0 amide bonds. The van der Waals surface area contributed by atoms with Gasteiger partial charge in [-0.25, -0.2) is 13.2 Å².